The molecule has 2 aromatic carbocycles. The number of rotatable bonds is 7. The first-order valence-electron chi connectivity index (χ1n) is 10.5. The maximum Gasteiger partial charge on any atom is 0.246 e. The predicted octanol–water partition coefficient (Wildman–Crippen LogP) is 4.52. The third-order valence-electron chi connectivity index (χ3n) is 5.65. The van der Waals surface area contributed by atoms with Crippen LogP contribution >= 0.6 is 11.6 Å². The Morgan fingerprint density at radius 3 is 2.44 bits per heavy atom. The van der Waals surface area contributed by atoms with Crippen molar-refractivity contribution in [1.82, 2.24) is 4.31 Å². The molecule has 0 saturated carbocycles. The number of carbonyl (C=O) groups is 1. The van der Waals surface area contributed by atoms with Gasteiger partial charge in [0.25, 0.3) is 0 Å². The number of hydrogen-bond acceptors (Lipinski definition) is 5. The van der Waals surface area contributed by atoms with Crippen molar-refractivity contribution in [2.24, 2.45) is 5.92 Å². The quantitative estimate of drug-likeness (QED) is 0.629. The molecular formula is C23H29ClN2O5S. The lowest BCUT2D eigenvalue weighted by molar-refractivity contribution is -0.120. The number of anilines is 1. The lowest BCUT2D eigenvalue weighted by Crippen LogP contribution is -2.43. The Bertz CT molecular complexity index is 1090. The minimum Gasteiger partial charge on any atom is -0.495 e. The molecule has 2 aromatic rings. The number of piperidine rings is 1. The Hall–Kier alpha value is -2.29. The number of sulfonamides is 1. The number of amides is 1. The standard InChI is InChI=1S/C23H29ClN2O5S/c1-15(2)16-7-9-21(31-4)22(12-16)32(28,29)26-11-5-6-17(14-26)23(27)25-18-8-10-20(30-3)19(24)13-18/h7-10,12-13,15,17H,5-6,11,14H2,1-4H3,(H,25,27)/t17-/m1/s1. The van der Waals surface area contributed by atoms with Gasteiger partial charge in [-0.25, -0.2) is 8.42 Å². The molecule has 174 valence electrons. The van der Waals surface area contributed by atoms with Crippen molar-refractivity contribution in [3.05, 3.63) is 47.0 Å². The van der Waals surface area contributed by atoms with E-state index in [0.29, 0.717) is 41.6 Å². The van der Waals surface area contributed by atoms with Crippen molar-refractivity contribution in [1.29, 1.82) is 0 Å². The highest BCUT2D eigenvalue weighted by Crippen LogP contribution is 2.33. The normalized spacial score (nSPS) is 17.2. The fourth-order valence-electron chi connectivity index (χ4n) is 3.76. The molecule has 1 saturated heterocycles. The molecule has 1 amide bonds. The molecule has 0 radical (unpaired) electrons. The summed E-state index contributed by atoms with van der Waals surface area (Å²) in [6.07, 6.45) is 1.19. The second kappa shape index (κ2) is 10.1. The first kappa shape index (κ1) is 24.4. The highest BCUT2D eigenvalue weighted by molar-refractivity contribution is 7.89. The van der Waals surface area contributed by atoms with Gasteiger partial charge >= 0.3 is 0 Å². The first-order chi connectivity index (χ1) is 15.2. The maximum atomic E-state index is 13.5. The van der Waals surface area contributed by atoms with E-state index in [2.05, 4.69) is 5.32 Å². The summed E-state index contributed by atoms with van der Waals surface area (Å²) >= 11 is 6.14. The molecule has 1 aliphatic rings. The Balaban J connectivity index is 1.80. The van der Waals surface area contributed by atoms with E-state index in [4.69, 9.17) is 21.1 Å². The van der Waals surface area contributed by atoms with Gasteiger partial charge in [0.2, 0.25) is 15.9 Å². The molecule has 3 rings (SSSR count). The molecule has 9 heteroatoms. The van der Waals surface area contributed by atoms with Gasteiger partial charge < -0.3 is 14.8 Å². The van der Waals surface area contributed by atoms with E-state index in [-0.39, 0.29) is 23.3 Å². The van der Waals surface area contributed by atoms with E-state index in [1.807, 2.05) is 19.9 Å². The van der Waals surface area contributed by atoms with Gasteiger partial charge in [-0.15, -0.1) is 0 Å². The molecule has 32 heavy (non-hydrogen) atoms. The number of halogens is 1. The van der Waals surface area contributed by atoms with Crippen LogP contribution in [0.25, 0.3) is 0 Å². The topological polar surface area (TPSA) is 84.9 Å². The third kappa shape index (κ3) is 5.19. The molecule has 0 bridgehead atoms. The third-order valence-corrected chi connectivity index (χ3v) is 7.83. The lowest BCUT2D eigenvalue weighted by Gasteiger charge is -2.31. The summed E-state index contributed by atoms with van der Waals surface area (Å²) in [5.41, 5.74) is 1.44. The van der Waals surface area contributed by atoms with Gasteiger partial charge in [0.1, 0.15) is 16.4 Å². The number of benzene rings is 2. The number of nitrogens with zero attached hydrogens (tertiary/aromatic N) is 1. The highest BCUT2D eigenvalue weighted by Gasteiger charge is 2.35. The van der Waals surface area contributed by atoms with Crippen molar-refractivity contribution >= 4 is 33.2 Å². The Morgan fingerprint density at radius 2 is 1.81 bits per heavy atom. The smallest absolute Gasteiger partial charge is 0.246 e. The summed E-state index contributed by atoms with van der Waals surface area (Å²) in [7, 11) is -0.855. The van der Waals surface area contributed by atoms with Crippen molar-refractivity contribution < 1.29 is 22.7 Å². The van der Waals surface area contributed by atoms with Crippen LogP contribution in [0.5, 0.6) is 11.5 Å². The van der Waals surface area contributed by atoms with Crippen LogP contribution in [-0.4, -0.2) is 45.9 Å². The van der Waals surface area contributed by atoms with Gasteiger partial charge in [0.05, 0.1) is 25.2 Å². The summed E-state index contributed by atoms with van der Waals surface area (Å²) < 4.78 is 38.8. The van der Waals surface area contributed by atoms with E-state index in [1.54, 1.807) is 30.3 Å². The van der Waals surface area contributed by atoms with E-state index >= 15 is 0 Å². The van der Waals surface area contributed by atoms with Crippen molar-refractivity contribution in [3.63, 3.8) is 0 Å². The predicted molar refractivity (Wildman–Crippen MR) is 125 cm³/mol. The molecule has 1 heterocycles. The van der Waals surface area contributed by atoms with E-state index in [9.17, 15) is 13.2 Å². The van der Waals surface area contributed by atoms with Crippen molar-refractivity contribution in [2.75, 3.05) is 32.6 Å². The number of methoxy groups -OCH3 is 2. The molecule has 0 spiro atoms. The SMILES string of the molecule is COc1ccc(NC(=O)[C@@H]2CCCN(S(=O)(=O)c3cc(C(C)C)ccc3OC)C2)cc1Cl. The summed E-state index contributed by atoms with van der Waals surface area (Å²) in [6, 6.07) is 10.2. The van der Waals surface area contributed by atoms with Crippen LogP contribution in [0.3, 0.4) is 0 Å². The van der Waals surface area contributed by atoms with Crippen LogP contribution in [0, 0.1) is 5.92 Å². The first-order valence-corrected chi connectivity index (χ1v) is 12.3. The number of ether oxygens (including phenoxy) is 2. The number of hydrogen-bond donors (Lipinski definition) is 1. The molecule has 1 aliphatic heterocycles. The van der Waals surface area contributed by atoms with E-state index in [0.717, 1.165) is 5.56 Å². The summed E-state index contributed by atoms with van der Waals surface area (Å²) in [6.45, 7) is 4.47. The Labute approximate surface area is 194 Å². The molecule has 7 nitrogen and oxygen atoms in total. The van der Waals surface area contributed by atoms with Gasteiger partial charge in [0.15, 0.2) is 0 Å². The molecule has 1 atom stereocenters. The second-order valence-corrected chi connectivity index (χ2v) is 10.4. The van der Waals surface area contributed by atoms with Crippen LogP contribution < -0.4 is 14.8 Å². The minimum absolute atomic E-state index is 0.104. The molecule has 0 aliphatic carbocycles. The highest BCUT2D eigenvalue weighted by atomic mass is 35.5. The monoisotopic (exact) mass is 480 g/mol. The van der Waals surface area contributed by atoms with Crippen molar-refractivity contribution in [2.45, 2.75) is 37.5 Å². The van der Waals surface area contributed by atoms with Crippen molar-refractivity contribution in [3.8, 4) is 11.5 Å². The zero-order valence-electron chi connectivity index (χ0n) is 18.7. The largest absolute Gasteiger partial charge is 0.495 e. The van der Waals surface area contributed by atoms with E-state index < -0.39 is 15.9 Å². The van der Waals surface area contributed by atoms with Gasteiger partial charge in [-0.05, 0) is 54.7 Å². The average Bonchev–Trinajstić information content (AvgIpc) is 2.78. The van der Waals surface area contributed by atoms with Crippen LogP contribution in [-0.2, 0) is 14.8 Å². The van der Waals surface area contributed by atoms with E-state index in [1.165, 1.54) is 18.5 Å². The Morgan fingerprint density at radius 1 is 1.12 bits per heavy atom. The molecule has 0 unspecified atom stereocenters. The Kier molecular flexibility index (Phi) is 7.69. The average molecular weight is 481 g/mol. The van der Waals surface area contributed by atoms with Gasteiger partial charge in [-0.2, -0.15) is 4.31 Å². The molecular weight excluding hydrogens is 452 g/mol. The molecule has 1 fully saturated rings. The summed E-state index contributed by atoms with van der Waals surface area (Å²) in [5, 5.41) is 3.22. The maximum absolute atomic E-state index is 13.5. The minimum atomic E-state index is -3.83. The zero-order chi connectivity index (χ0) is 23.5. The van der Waals surface area contributed by atoms with Gasteiger partial charge in [-0.3, -0.25) is 4.79 Å². The number of nitrogens with one attached hydrogen (secondary N) is 1. The fourth-order valence-corrected chi connectivity index (χ4v) is 5.73. The lowest BCUT2D eigenvalue weighted by atomic mass is 9.98. The number of carbonyl (C=O) groups excluding carboxylic acids is 1. The van der Waals surface area contributed by atoms with Gasteiger partial charge in [-0.1, -0.05) is 31.5 Å². The van der Waals surface area contributed by atoms with Crippen LogP contribution in [0.15, 0.2) is 41.3 Å². The van der Waals surface area contributed by atoms with Crippen LogP contribution in [0.2, 0.25) is 5.02 Å². The fraction of sp³-hybridized carbons (Fsp3) is 0.435. The summed E-state index contributed by atoms with van der Waals surface area (Å²) in [5.74, 6) is 0.268. The molecule has 0 aromatic heterocycles. The zero-order valence-corrected chi connectivity index (χ0v) is 20.3. The molecule has 1 N–H and O–H groups in total. The van der Waals surface area contributed by atoms with Crippen LogP contribution in [0.4, 0.5) is 5.69 Å². The second-order valence-electron chi connectivity index (χ2n) is 8.11. The summed E-state index contributed by atoms with van der Waals surface area (Å²) in [4.78, 5) is 13.0. The van der Waals surface area contributed by atoms with Crippen LogP contribution in [0.1, 0.15) is 38.2 Å². The van der Waals surface area contributed by atoms with Gasteiger partial charge in [0, 0.05) is 18.8 Å².